The van der Waals surface area contributed by atoms with Gasteiger partial charge in [0.15, 0.2) is 0 Å². The number of hydrogen-bond donors (Lipinski definition) is 0. The molecule has 6 heteroatoms. The number of amides is 1. The summed E-state index contributed by atoms with van der Waals surface area (Å²) >= 11 is 7.48. The number of ether oxygens (including phenoxy) is 1. The molecular formula is C15H15ClFNO2S. The highest BCUT2D eigenvalue weighted by atomic mass is 35.5. The highest BCUT2D eigenvalue weighted by Crippen LogP contribution is 2.37. The summed E-state index contributed by atoms with van der Waals surface area (Å²) in [4.78, 5) is 14.8. The predicted molar refractivity (Wildman–Crippen MR) is 82.7 cm³/mol. The molecule has 112 valence electrons. The number of halogens is 2. The quantitative estimate of drug-likeness (QED) is 0.794. The van der Waals surface area contributed by atoms with E-state index >= 15 is 0 Å². The molecule has 0 bridgehead atoms. The second kappa shape index (κ2) is 5.55. The summed E-state index contributed by atoms with van der Waals surface area (Å²) in [6.45, 7) is 4.91. The Balaban J connectivity index is 1.98. The largest absolute Gasteiger partial charge is 0.372 e. The first-order valence-corrected chi connectivity index (χ1v) is 7.98. The van der Waals surface area contributed by atoms with Crippen molar-refractivity contribution in [1.82, 2.24) is 4.90 Å². The lowest BCUT2D eigenvalue weighted by atomic mass is 10.2. The highest BCUT2D eigenvalue weighted by molar-refractivity contribution is 7.21. The minimum atomic E-state index is -0.392. The molecule has 1 fully saturated rings. The normalized spacial score (nSPS) is 22.8. The van der Waals surface area contributed by atoms with Crippen LogP contribution in [0.2, 0.25) is 5.02 Å². The second-order valence-electron chi connectivity index (χ2n) is 5.33. The van der Waals surface area contributed by atoms with Crippen LogP contribution in [-0.4, -0.2) is 36.1 Å². The van der Waals surface area contributed by atoms with Crippen LogP contribution in [0.4, 0.5) is 4.39 Å². The van der Waals surface area contributed by atoms with Gasteiger partial charge in [-0.15, -0.1) is 11.3 Å². The van der Waals surface area contributed by atoms with Crippen LogP contribution < -0.4 is 0 Å². The third kappa shape index (κ3) is 2.65. The van der Waals surface area contributed by atoms with Crippen LogP contribution in [0, 0.1) is 5.82 Å². The topological polar surface area (TPSA) is 29.5 Å². The third-order valence-electron chi connectivity index (χ3n) is 3.51. The molecule has 1 aromatic carbocycles. The number of fused-ring (bicyclic) bond motifs is 1. The highest BCUT2D eigenvalue weighted by Gasteiger charge is 2.29. The number of carbonyl (C=O) groups is 1. The van der Waals surface area contributed by atoms with Gasteiger partial charge in [-0.25, -0.2) is 4.39 Å². The number of nitrogens with zero attached hydrogens (tertiary/aromatic N) is 1. The molecule has 0 unspecified atom stereocenters. The Labute approximate surface area is 131 Å². The number of hydrogen-bond acceptors (Lipinski definition) is 3. The molecule has 0 saturated carbocycles. The zero-order valence-corrected chi connectivity index (χ0v) is 13.3. The molecule has 2 atom stereocenters. The Morgan fingerprint density at radius 1 is 1.38 bits per heavy atom. The van der Waals surface area contributed by atoms with E-state index in [0.717, 1.165) is 0 Å². The van der Waals surface area contributed by atoms with Gasteiger partial charge in [0.05, 0.1) is 17.2 Å². The Morgan fingerprint density at radius 2 is 2.05 bits per heavy atom. The van der Waals surface area contributed by atoms with Crippen molar-refractivity contribution in [3.8, 4) is 0 Å². The summed E-state index contributed by atoms with van der Waals surface area (Å²) in [6, 6.07) is 4.75. The van der Waals surface area contributed by atoms with Gasteiger partial charge in [-0.1, -0.05) is 17.7 Å². The number of benzene rings is 1. The third-order valence-corrected chi connectivity index (χ3v) is 5.14. The standard InChI is InChI=1S/C15H15ClFNO2S/c1-8-6-18(7-9(2)20-8)15(19)14-13(16)12-10(17)4-3-5-11(12)21-14/h3-5,8-9H,6-7H2,1-2H3/t8-,9-/m1/s1. The van der Waals surface area contributed by atoms with Crippen molar-refractivity contribution in [2.45, 2.75) is 26.1 Å². The summed E-state index contributed by atoms with van der Waals surface area (Å²) in [5, 5.41) is 0.548. The number of rotatable bonds is 1. The van der Waals surface area contributed by atoms with Crippen molar-refractivity contribution in [3.05, 3.63) is 33.9 Å². The van der Waals surface area contributed by atoms with E-state index in [-0.39, 0.29) is 23.1 Å². The van der Waals surface area contributed by atoms with Crippen LogP contribution in [0.25, 0.3) is 10.1 Å². The van der Waals surface area contributed by atoms with Crippen LogP contribution >= 0.6 is 22.9 Å². The van der Waals surface area contributed by atoms with Crippen LogP contribution in [0.1, 0.15) is 23.5 Å². The van der Waals surface area contributed by atoms with Gasteiger partial charge in [-0.2, -0.15) is 0 Å². The summed E-state index contributed by atoms with van der Waals surface area (Å²) in [7, 11) is 0. The molecule has 21 heavy (non-hydrogen) atoms. The molecule has 0 N–H and O–H groups in total. The maximum absolute atomic E-state index is 13.9. The molecule has 1 aromatic heterocycles. The monoisotopic (exact) mass is 327 g/mol. The first kappa shape index (κ1) is 14.8. The molecule has 1 amide bonds. The maximum Gasteiger partial charge on any atom is 0.265 e. The van der Waals surface area contributed by atoms with E-state index < -0.39 is 5.82 Å². The fourth-order valence-corrected chi connectivity index (χ4v) is 4.22. The van der Waals surface area contributed by atoms with Crippen LogP contribution in [0.5, 0.6) is 0 Å². The van der Waals surface area contributed by atoms with Gasteiger partial charge in [0.1, 0.15) is 10.7 Å². The minimum Gasteiger partial charge on any atom is -0.372 e. The SMILES string of the molecule is C[C@@H]1CN(C(=O)c2sc3cccc(F)c3c2Cl)C[C@@H](C)O1. The van der Waals surface area contributed by atoms with Gasteiger partial charge in [0, 0.05) is 23.2 Å². The predicted octanol–water partition coefficient (Wildman–Crippen LogP) is 3.94. The number of carbonyl (C=O) groups excluding carboxylic acids is 1. The van der Waals surface area contributed by atoms with E-state index in [4.69, 9.17) is 16.3 Å². The Kier molecular flexibility index (Phi) is 3.90. The van der Waals surface area contributed by atoms with Gasteiger partial charge < -0.3 is 9.64 Å². The number of morpholine rings is 1. The van der Waals surface area contributed by atoms with E-state index in [2.05, 4.69) is 0 Å². The molecule has 1 aliphatic rings. The van der Waals surface area contributed by atoms with Crippen molar-refractivity contribution < 1.29 is 13.9 Å². The zero-order chi connectivity index (χ0) is 15.1. The van der Waals surface area contributed by atoms with Crippen molar-refractivity contribution >= 4 is 38.9 Å². The Hall–Kier alpha value is -1.17. The van der Waals surface area contributed by atoms with Gasteiger partial charge in [-0.05, 0) is 26.0 Å². The van der Waals surface area contributed by atoms with Gasteiger partial charge in [-0.3, -0.25) is 4.79 Å². The van der Waals surface area contributed by atoms with Crippen LogP contribution in [0.3, 0.4) is 0 Å². The molecule has 0 radical (unpaired) electrons. The van der Waals surface area contributed by atoms with E-state index in [1.165, 1.54) is 17.4 Å². The minimum absolute atomic E-state index is 0.0115. The fourth-order valence-electron chi connectivity index (χ4n) is 2.70. The average Bonchev–Trinajstić information content (AvgIpc) is 2.75. The lowest BCUT2D eigenvalue weighted by Gasteiger charge is -2.35. The smallest absolute Gasteiger partial charge is 0.265 e. The summed E-state index contributed by atoms with van der Waals surface area (Å²) < 4.78 is 20.2. The Morgan fingerprint density at radius 3 is 2.67 bits per heavy atom. The molecule has 0 spiro atoms. The van der Waals surface area contributed by atoms with Crippen molar-refractivity contribution in [1.29, 1.82) is 0 Å². The Bertz CT molecular complexity index is 692. The van der Waals surface area contributed by atoms with E-state index in [1.807, 2.05) is 13.8 Å². The zero-order valence-electron chi connectivity index (χ0n) is 11.7. The fraction of sp³-hybridized carbons (Fsp3) is 0.400. The van der Waals surface area contributed by atoms with E-state index in [9.17, 15) is 9.18 Å². The van der Waals surface area contributed by atoms with E-state index in [1.54, 1.807) is 17.0 Å². The first-order valence-electron chi connectivity index (χ1n) is 6.78. The molecule has 3 rings (SSSR count). The van der Waals surface area contributed by atoms with E-state index in [0.29, 0.717) is 28.1 Å². The molecule has 1 aliphatic heterocycles. The lowest BCUT2D eigenvalue weighted by molar-refractivity contribution is -0.0584. The lowest BCUT2D eigenvalue weighted by Crippen LogP contribution is -2.48. The summed E-state index contributed by atoms with van der Waals surface area (Å²) in [5.41, 5.74) is 0. The molecular weight excluding hydrogens is 313 g/mol. The average molecular weight is 328 g/mol. The first-order chi connectivity index (χ1) is 9.97. The number of thiophene rings is 1. The van der Waals surface area contributed by atoms with Gasteiger partial charge >= 0.3 is 0 Å². The van der Waals surface area contributed by atoms with Crippen molar-refractivity contribution in [2.24, 2.45) is 0 Å². The van der Waals surface area contributed by atoms with Gasteiger partial charge in [0.25, 0.3) is 5.91 Å². The van der Waals surface area contributed by atoms with Crippen molar-refractivity contribution in [3.63, 3.8) is 0 Å². The van der Waals surface area contributed by atoms with Crippen molar-refractivity contribution in [2.75, 3.05) is 13.1 Å². The molecule has 3 nitrogen and oxygen atoms in total. The second-order valence-corrected chi connectivity index (χ2v) is 6.76. The summed E-state index contributed by atoms with van der Waals surface area (Å²) in [6.07, 6.45) is -0.0230. The summed E-state index contributed by atoms with van der Waals surface area (Å²) in [5.74, 6) is -0.542. The molecule has 1 saturated heterocycles. The molecule has 2 aromatic rings. The van der Waals surface area contributed by atoms with Crippen LogP contribution in [-0.2, 0) is 4.74 Å². The molecule has 0 aliphatic carbocycles. The maximum atomic E-state index is 13.9. The van der Waals surface area contributed by atoms with Crippen LogP contribution in [0.15, 0.2) is 18.2 Å². The van der Waals surface area contributed by atoms with Gasteiger partial charge in [0.2, 0.25) is 0 Å². The molecule has 2 heterocycles.